The third kappa shape index (κ3) is 4.52. The van der Waals surface area contributed by atoms with Gasteiger partial charge in [0.05, 0.1) is 12.6 Å². The van der Waals surface area contributed by atoms with E-state index in [-0.39, 0.29) is 25.0 Å². The smallest absolute Gasteiger partial charge is 0.302 e. The first-order chi connectivity index (χ1) is 17.0. The fourth-order valence-corrected chi connectivity index (χ4v) is 5.46. The lowest BCUT2D eigenvalue weighted by molar-refractivity contribution is -0.140. The molecule has 0 aliphatic heterocycles. The highest BCUT2D eigenvalue weighted by atomic mass is 16.5. The summed E-state index contributed by atoms with van der Waals surface area (Å²) < 4.78 is 4.86. The molecule has 5 nitrogen and oxygen atoms in total. The van der Waals surface area contributed by atoms with E-state index in [1.165, 1.54) is 29.2 Å². The summed E-state index contributed by atoms with van der Waals surface area (Å²) in [5.41, 5.74) is 7.18. The van der Waals surface area contributed by atoms with E-state index >= 15 is 0 Å². The first kappa shape index (κ1) is 23.1. The fraction of sp³-hybridized carbons (Fsp3) is 0.267. The van der Waals surface area contributed by atoms with Crippen molar-refractivity contribution in [3.63, 3.8) is 0 Å². The second kappa shape index (κ2) is 9.51. The second-order valence-corrected chi connectivity index (χ2v) is 9.45. The summed E-state index contributed by atoms with van der Waals surface area (Å²) in [6.07, 6.45) is 3.96. The van der Waals surface area contributed by atoms with Gasteiger partial charge in [-0.25, -0.2) is 0 Å². The van der Waals surface area contributed by atoms with E-state index in [2.05, 4.69) is 41.7 Å². The van der Waals surface area contributed by atoms with Crippen LogP contribution in [0.15, 0.2) is 78.4 Å². The topological polar surface area (TPSA) is 75.6 Å². The zero-order valence-electron chi connectivity index (χ0n) is 19.8. The number of fused-ring (bicyclic) bond motifs is 2. The fourth-order valence-electron chi connectivity index (χ4n) is 5.46. The van der Waals surface area contributed by atoms with Crippen molar-refractivity contribution in [1.82, 2.24) is 5.32 Å². The average Bonchev–Trinajstić information content (AvgIpc) is 3.42. The molecule has 5 rings (SSSR count). The Hall–Kier alpha value is -3.70. The number of amides is 1. The van der Waals surface area contributed by atoms with Crippen molar-refractivity contribution >= 4 is 18.0 Å². The Morgan fingerprint density at radius 1 is 1.00 bits per heavy atom. The lowest BCUT2D eigenvalue weighted by Crippen LogP contribution is -2.31. The third-order valence-electron chi connectivity index (χ3n) is 7.21. The number of nitrogens with one attached hydrogen (secondary N) is 1. The predicted molar refractivity (Wildman–Crippen MR) is 135 cm³/mol. The molecule has 178 valence electrons. The molecule has 35 heavy (non-hydrogen) atoms. The van der Waals surface area contributed by atoms with E-state index in [4.69, 9.17) is 4.74 Å². The Morgan fingerprint density at radius 2 is 1.71 bits per heavy atom. The van der Waals surface area contributed by atoms with Gasteiger partial charge in [-0.2, -0.15) is 0 Å². The van der Waals surface area contributed by atoms with Gasteiger partial charge < -0.3 is 15.2 Å². The maximum Gasteiger partial charge on any atom is 0.302 e. The van der Waals surface area contributed by atoms with Crippen LogP contribution in [0.4, 0.5) is 0 Å². The molecule has 0 saturated carbocycles. The van der Waals surface area contributed by atoms with Crippen LogP contribution >= 0.6 is 0 Å². The normalized spacial score (nSPS) is 20.1. The highest BCUT2D eigenvalue weighted by Crippen LogP contribution is 2.54. The molecular weight excluding hydrogens is 438 g/mol. The highest BCUT2D eigenvalue weighted by Gasteiger charge is 2.48. The quantitative estimate of drug-likeness (QED) is 0.398. The van der Waals surface area contributed by atoms with Gasteiger partial charge in [-0.15, -0.1) is 0 Å². The molecule has 2 N–H and O–H groups in total. The van der Waals surface area contributed by atoms with Crippen molar-refractivity contribution in [2.45, 2.75) is 32.3 Å². The molecule has 0 fully saturated rings. The number of carbonyl (C=O) groups is 2. The number of esters is 1. The molecule has 2 atom stereocenters. The van der Waals surface area contributed by atoms with Crippen molar-refractivity contribution in [2.75, 3.05) is 13.2 Å². The van der Waals surface area contributed by atoms with E-state index in [1.54, 1.807) is 0 Å². The largest absolute Gasteiger partial charge is 0.464 e. The second-order valence-electron chi connectivity index (χ2n) is 9.45. The van der Waals surface area contributed by atoms with Gasteiger partial charge in [0, 0.05) is 17.9 Å². The lowest BCUT2D eigenvalue weighted by Gasteiger charge is -2.35. The highest BCUT2D eigenvalue weighted by molar-refractivity contribution is 5.94. The molecule has 3 aromatic carbocycles. The van der Waals surface area contributed by atoms with Crippen LogP contribution in [0.25, 0.3) is 6.08 Å². The van der Waals surface area contributed by atoms with E-state index in [0.717, 1.165) is 24.0 Å². The van der Waals surface area contributed by atoms with Crippen molar-refractivity contribution < 1.29 is 19.4 Å². The van der Waals surface area contributed by atoms with Crippen molar-refractivity contribution in [2.24, 2.45) is 5.41 Å². The molecule has 2 aliphatic carbocycles. The summed E-state index contributed by atoms with van der Waals surface area (Å²) in [5.74, 6) is -0.574. The standard InChI is InChI=1S/C30H29NO4/c1-20(32)35-15-14-31-29(34)22-12-10-21(11-13-22)18-30(19-25-8-4-5-9-27(25)28(30)33)26-16-23-6-2-3-7-24(23)17-26/h2-13,16,28,33H,14-15,17-19H2,1H3,(H,31,34)/t28-,30+/m1/s1. The van der Waals surface area contributed by atoms with Crippen LogP contribution in [0.1, 0.15) is 51.2 Å². The van der Waals surface area contributed by atoms with Gasteiger partial charge in [0.15, 0.2) is 0 Å². The zero-order chi connectivity index (χ0) is 24.4. The van der Waals surface area contributed by atoms with Crippen LogP contribution < -0.4 is 5.32 Å². The molecule has 0 spiro atoms. The summed E-state index contributed by atoms with van der Waals surface area (Å²) in [6, 6.07) is 24.2. The SMILES string of the molecule is CC(=O)OCCNC(=O)c1ccc(C[C@@]2(C3=Cc4ccccc4C3)Cc3ccccc3[C@H]2O)cc1. The van der Waals surface area contributed by atoms with Gasteiger partial charge in [0.25, 0.3) is 5.91 Å². The summed E-state index contributed by atoms with van der Waals surface area (Å²) in [5, 5.41) is 14.4. The van der Waals surface area contributed by atoms with Gasteiger partial charge in [0.1, 0.15) is 6.61 Å². The Kier molecular flexibility index (Phi) is 6.27. The van der Waals surface area contributed by atoms with Crippen LogP contribution in [0, 0.1) is 5.41 Å². The molecule has 0 bridgehead atoms. The van der Waals surface area contributed by atoms with Crippen molar-refractivity contribution in [3.8, 4) is 0 Å². The monoisotopic (exact) mass is 467 g/mol. The lowest BCUT2D eigenvalue weighted by atomic mass is 9.70. The Balaban J connectivity index is 1.38. The number of benzene rings is 3. The van der Waals surface area contributed by atoms with E-state index in [9.17, 15) is 14.7 Å². The number of ether oxygens (including phenoxy) is 1. The molecule has 0 heterocycles. The van der Waals surface area contributed by atoms with Crippen LogP contribution in [0.5, 0.6) is 0 Å². The van der Waals surface area contributed by atoms with Gasteiger partial charge in [0.2, 0.25) is 0 Å². The van der Waals surface area contributed by atoms with Gasteiger partial charge >= 0.3 is 5.97 Å². The molecular formula is C30H29NO4. The van der Waals surface area contributed by atoms with Crippen molar-refractivity contribution in [3.05, 3.63) is 112 Å². The molecule has 1 amide bonds. The van der Waals surface area contributed by atoms with E-state index < -0.39 is 11.5 Å². The van der Waals surface area contributed by atoms with Crippen LogP contribution in [-0.2, 0) is 28.8 Å². The van der Waals surface area contributed by atoms with Gasteiger partial charge in [-0.05, 0) is 59.2 Å². The average molecular weight is 468 g/mol. The molecule has 0 unspecified atom stereocenters. The zero-order valence-corrected chi connectivity index (χ0v) is 19.8. The van der Waals surface area contributed by atoms with Gasteiger partial charge in [-0.3, -0.25) is 9.59 Å². The molecule has 3 aromatic rings. The molecule has 0 radical (unpaired) electrons. The van der Waals surface area contributed by atoms with Crippen LogP contribution in [-0.4, -0.2) is 30.1 Å². The number of hydrogen-bond acceptors (Lipinski definition) is 4. The van der Waals surface area contributed by atoms with E-state index in [0.29, 0.717) is 12.0 Å². The number of carbonyl (C=O) groups excluding carboxylic acids is 2. The summed E-state index contributed by atoms with van der Waals surface area (Å²) in [6.45, 7) is 1.76. The van der Waals surface area contributed by atoms with E-state index in [1.807, 2.05) is 42.5 Å². The molecule has 0 aromatic heterocycles. The van der Waals surface area contributed by atoms with Gasteiger partial charge in [-0.1, -0.05) is 72.3 Å². The molecule has 0 saturated heterocycles. The maximum atomic E-state index is 12.4. The van der Waals surface area contributed by atoms with Crippen molar-refractivity contribution in [1.29, 1.82) is 0 Å². The number of aliphatic hydroxyl groups excluding tert-OH is 1. The predicted octanol–water partition coefficient (Wildman–Crippen LogP) is 4.44. The minimum atomic E-state index is -0.594. The Morgan fingerprint density at radius 3 is 2.43 bits per heavy atom. The number of aliphatic hydroxyl groups is 1. The Labute approximate surface area is 205 Å². The molecule has 5 heteroatoms. The minimum absolute atomic E-state index is 0.150. The summed E-state index contributed by atoms with van der Waals surface area (Å²) in [7, 11) is 0. The van der Waals surface area contributed by atoms with Crippen LogP contribution in [0.2, 0.25) is 0 Å². The number of rotatable bonds is 7. The minimum Gasteiger partial charge on any atom is -0.464 e. The first-order valence-electron chi connectivity index (χ1n) is 12.0. The Bertz CT molecular complexity index is 1290. The summed E-state index contributed by atoms with van der Waals surface area (Å²) in [4.78, 5) is 23.3. The van der Waals surface area contributed by atoms with Crippen LogP contribution in [0.3, 0.4) is 0 Å². The maximum absolute atomic E-state index is 12.4. The summed E-state index contributed by atoms with van der Waals surface area (Å²) >= 11 is 0. The first-order valence-corrected chi connectivity index (χ1v) is 12.0. The third-order valence-corrected chi connectivity index (χ3v) is 7.21. The molecule has 2 aliphatic rings. The number of hydrogen-bond donors (Lipinski definition) is 2.